The Kier molecular flexibility index (Phi) is 4.72. The van der Waals surface area contributed by atoms with E-state index < -0.39 is 0 Å². The van der Waals surface area contributed by atoms with Crippen molar-refractivity contribution in [3.63, 3.8) is 0 Å². The summed E-state index contributed by atoms with van der Waals surface area (Å²) in [4.78, 5) is 0. The van der Waals surface area contributed by atoms with Crippen LogP contribution in [0.5, 0.6) is 0 Å². The fourth-order valence-electron chi connectivity index (χ4n) is 1.74. The van der Waals surface area contributed by atoms with Gasteiger partial charge in [0.1, 0.15) is 0 Å². The first-order valence-electron chi connectivity index (χ1n) is 5.00. The summed E-state index contributed by atoms with van der Waals surface area (Å²) >= 11 is 15.9. The highest BCUT2D eigenvalue weighted by Gasteiger charge is 2.19. The molecule has 2 aromatic rings. The molecular formula is C12H10Cl2INS. The van der Waals surface area contributed by atoms with Crippen LogP contribution < -0.4 is 5.32 Å². The topological polar surface area (TPSA) is 12.0 Å². The number of thiophene rings is 1. The molecule has 0 radical (unpaired) electrons. The second kappa shape index (κ2) is 5.89. The van der Waals surface area contributed by atoms with Crippen molar-refractivity contribution >= 4 is 57.1 Å². The van der Waals surface area contributed by atoms with Crippen LogP contribution in [0.1, 0.15) is 17.2 Å². The molecule has 0 aliphatic carbocycles. The van der Waals surface area contributed by atoms with Crippen LogP contribution in [-0.2, 0) is 0 Å². The van der Waals surface area contributed by atoms with Gasteiger partial charge in [0.2, 0.25) is 0 Å². The lowest BCUT2D eigenvalue weighted by Crippen LogP contribution is -2.18. The van der Waals surface area contributed by atoms with Crippen molar-refractivity contribution in [2.24, 2.45) is 0 Å². The van der Waals surface area contributed by atoms with Gasteiger partial charge >= 0.3 is 0 Å². The quantitative estimate of drug-likeness (QED) is 0.721. The zero-order valence-corrected chi connectivity index (χ0v) is 13.5. The van der Waals surface area contributed by atoms with E-state index in [9.17, 15) is 0 Å². The molecule has 0 saturated carbocycles. The fraction of sp³-hybridized carbons (Fsp3) is 0.167. The minimum atomic E-state index is 0.0827. The normalized spacial score (nSPS) is 12.7. The molecule has 0 fully saturated rings. The number of hydrogen-bond acceptors (Lipinski definition) is 2. The minimum absolute atomic E-state index is 0.0827. The number of benzene rings is 1. The van der Waals surface area contributed by atoms with Crippen LogP contribution in [0.3, 0.4) is 0 Å². The minimum Gasteiger partial charge on any atom is -0.309 e. The molecule has 0 aliphatic rings. The molecule has 1 nitrogen and oxygen atoms in total. The summed E-state index contributed by atoms with van der Waals surface area (Å²) in [5, 5.41) is 3.29. The van der Waals surface area contributed by atoms with Gasteiger partial charge in [0.25, 0.3) is 0 Å². The van der Waals surface area contributed by atoms with Crippen molar-refractivity contribution in [2.75, 3.05) is 7.05 Å². The first-order chi connectivity index (χ1) is 8.13. The Morgan fingerprint density at radius 3 is 2.47 bits per heavy atom. The Bertz CT molecular complexity index is 527. The van der Waals surface area contributed by atoms with E-state index in [1.54, 1.807) is 0 Å². The van der Waals surface area contributed by atoms with Crippen LogP contribution in [0, 0.1) is 3.57 Å². The predicted molar refractivity (Wildman–Crippen MR) is 84.4 cm³/mol. The Morgan fingerprint density at radius 1 is 1.24 bits per heavy atom. The van der Waals surface area contributed by atoms with Crippen LogP contribution in [0.4, 0.5) is 0 Å². The molecule has 1 heterocycles. The Labute approximate surface area is 128 Å². The molecule has 5 heteroatoms. The molecule has 1 aromatic heterocycles. The Morgan fingerprint density at radius 2 is 1.94 bits per heavy atom. The van der Waals surface area contributed by atoms with E-state index >= 15 is 0 Å². The lowest BCUT2D eigenvalue weighted by atomic mass is 10.0. The average Bonchev–Trinajstić information content (AvgIpc) is 2.62. The molecule has 0 amide bonds. The molecule has 1 aromatic carbocycles. The third-order valence-electron chi connectivity index (χ3n) is 2.50. The Hall–Kier alpha value is 0.190. The van der Waals surface area contributed by atoms with Gasteiger partial charge in [-0.15, -0.1) is 11.3 Å². The highest BCUT2D eigenvalue weighted by atomic mass is 127. The molecule has 1 N–H and O–H groups in total. The highest BCUT2D eigenvalue weighted by Crippen LogP contribution is 2.38. The molecule has 0 bridgehead atoms. The number of halogens is 3. The monoisotopic (exact) mass is 397 g/mol. The summed E-state index contributed by atoms with van der Waals surface area (Å²) in [5.41, 5.74) is 2.25. The van der Waals surface area contributed by atoms with Crippen molar-refractivity contribution in [3.05, 3.63) is 53.7 Å². The zero-order chi connectivity index (χ0) is 12.4. The van der Waals surface area contributed by atoms with E-state index in [0.717, 1.165) is 14.2 Å². The maximum absolute atomic E-state index is 6.21. The van der Waals surface area contributed by atoms with Crippen LogP contribution in [0.25, 0.3) is 0 Å². The molecule has 17 heavy (non-hydrogen) atoms. The first-order valence-corrected chi connectivity index (χ1v) is 7.65. The molecule has 2 rings (SSSR count). The largest absolute Gasteiger partial charge is 0.309 e. The van der Waals surface area contributed by atoms with Crippen LogP contribution in [-0.4, -0.2) is 7.05 Å². The van der Waals surface area contributed by atoms with Crippen molar-refractivity contribution in [1.82, 2.24) is 5.32 Å². The average molecular weight is 398 g/mol. The summed E-state index contributed by atoms with van der Waals surface area (Å²) in [6.07, 6.45) is 0. The molecule has 0 spiro atoms. The van der Waals surface area contributed by atoms with Gasteiger partial charge in [-0.2, -0.15) is 0 Å². The number of hydrogen-bond donors (Lipinski definition) is 1. The number of nitrogens with one attached hydrogen (secondary N) is 1. The van der Waals surface area contributed by atoms with E-state index in [2.05, 4.69) is 40.0 Å². The predicted octanol–water partition coefficient (Wildman–Crippen LogP) is 4.97. The summed E-state index contributed by atoms with van der Waals surface area (Å²) < 4.78 is 2.67. The molecule has 90 valence electrons. The van der Waals surface area contributed by atoms with Crippen LogP contribution in [0.15, 0.2) is 30.3 Å². The van der Waals surface area contributed by atoms with Gasteiger partial charge in [0.15, 0.2) is 0 Å². The fourth-order valence-corrected chi connectivity index (χ4v) is 3.97. The van der Waals surface area contributed by atoms with E-state index in [-0.39, 0.29) is 6.04 Å². The smallest absolute Gasteiger partial charge is 0.0995 e. The van der Waals surface area contributed by atoms with E-state index in [0.29, 0.717) is 0 Å². The SMILES string of the molecule is CNC(c1ccccc1I)c1cc(Cl)sc1Cl. The maximum atomic E-state index is 6.21. The summed E-state index contributed by atoms with van der Waals surface area (Å²) in [6, 6.07) is 10.3. The highest BCUT2D eigenvalue weighted by molar-refractivity contribution is 14.1. The molecule has 0 aliphatic heterocycles. The lowest BCUT2D eigenvalue weighted by Gasteiger charge is -2.17. The summed E-state index contributed by atoms with van der Waals surface area (Å²) in [5.74, 6) is 0. The Balaban J connectivity index is 2.47. The van der Waals surface area contributed by atoms with Gasteiger partial charge in [-0.05, 0) is 47.3 Å². The van der Waals surface area contributed by atoms with Gasteiger partial charge in [-0.25, -0.2) is 0 Å². The third kappa shape index (κ3) is 2.96. The van der Waals surface area contributed by atoms with Crippen molar-refractivity contribution in [2.45, 2.75) is 6.04 Å². The van der Waals surface area contributed by atoms with Crippen molar-refractivity contribution in [1.29, 1.82) is 0 Å². The summed E-state index contributed by atoms with van der Waals surface area (Å²) in [7, 11) is 1.93. The first kappa shape index (κ1) is 13.6. The molecule has 1 atom stereocenters. The van der Waals surface area contributed by atoms with Crippen LogP contribution >= 0.6 is 57.1 Å². The molecular weight excluding hydrogens is 388 g/mol. The molecule has 1 unspecified atom stereocenters. The van der Waals surface area contributed by atoms with Gasteiger partial charge in [0.05, 0.1) is 14.7 Å². The van der Waals surface area contributed by atoms with Crippen molar-refractivity contribution in [3.8, 4) is 0 Å². The maximum Gasteiger partial charge on any atom is 0.0995 e. The van der Waals surface area contributed by atoms with Gasteiger partial charge < -0.3 is 5.32 Å². The van der Waals surface area contributed by atoms with E-state index in [4.69, 9.17) is 23.2 Å². The van der Waals surface area contributed by atoms with Crippen LogP contribution in [0.2, 0.25) is 8.67 Å². The lowest BCUT2D eigenvalue weighted by molar-refractivity contribution is 0.691. The van der Waals surface area contributed by atoms with Gasteiger partial charge in [-0.3, -0.25) is 0 Å². The third-order valence-corrected chi connectivity index (χ3v) is 5.00. The second-order valence-corrected chi connectivity index (χ2v) is 6.97. The van der Waals surface area contributed by atoms with Crippen molar-refractivity contribution < 1.29 is 0 Å². The number of rotatable bonds is 3. The van der Waals surface area contributed by atoms with Gasteiger partial charge in [0, 0.05) is 9.13 Å². The molecule has 0 saturated heterocycles. The summed E-state index contributed by atoms with van der Waals surface area (Å²) in [6.45, 7) is 0. The zero-order valence-electron chi connectivity index (χ0n) is 9.01. The van der Waals surface area contributed by atoms with E-state index in [1.807, 2.05) is 25.2 Å². The van der Waals surface area contributed by atoms with Gasteiger partial charge in [-0.1, -0.05) is 41.4 Å². The second-order valence-electron chi connectivity index (χ2n) is 3.52. The standard InChI is InChI=1S/C12H10Cl2INS/c1-16-11(7-4-2-3-5-9(7)15)8-6-10(13)17-12(8)14/h2-6,11,16H,1H3. The van der Waals surface area contributed by atoms with E-state index in [1.165, 1.54) is 20.5 Å².